The monoisotopic (exact) mass is 272 g/mol. The summed E-state index contributed by atoms with van der Waals surface area (Å²) < 4.78 is 0. The van der Waals surface area contributed by atoms with Crippen LogP contribution in [0.3, 0.4) is 0 Å². The molecule has 2 aliphatic carbocycles. The Kier molecular flexibility index (Phi) is 3.66. The van der Waals surface area contributed by atoms with Crippen LogP contribution in [0.4, 0.5) is 0 Å². The van der Waals surface area contributed by atoms with Crippen molar-refractivity contribution in [1.29, 1.82) is 0 Å². The van der Waals surface area contributed by atoms with Gasteiger partial charge in [-0.1, -0.05) is 0 Å². The first kappa shape index (κ1) is 13.4. The number of pyridine rings is 1. The van der Waals surface area contributed by atoms with Gasteiger partial charge in [-0.3, -0.25) is 14.6 Å². The first-order chi connectivity index (χ1) is 9.61. The molecule has 3 rings (SSSR count). The maximum atomic E-state index is 12.3. The fourth-order valence-corrected chi connectivity index (χ4v) is 3.24. The molecule has 4 heteroatoms. The van der Waals surface area contributed by atoms with Gasteiger partial charge in [-0.05, 0) is 43.2 Å². The summed E-state index contributed by atoms with van der Waals surface area (Å²) in [5, 5.41) is 0. The number of carbonyl (C=O) groups excluding carboxylic acids is 2. The summed E-state index contributed by atoms with van der Waals surface area (Å²) >= 11 is 0. The van der Waals surface area contributed by atoms with Crippen molar-refractivity contribution in [2.75, 3.05) is 0 Å². The smallest absolute Gasteiger partial charge is 0.164 e. The van der Waals surface area contributed by atoms with E-state index in [1.54, 1.807) is 6.20 Å². The van der Waals surface area contributed by atoms with Crippen molar-refractivity contribution in [1.82, 2.24) is 4.98 Å². The van der Waals surface area contributed by atoms with Crippen LogP contribution in [0, 0.1) is 5.92 Å². The molecule has 0 bridgehead atoms. The second-order valence-corrected chi connectivity index (χ2v) is 6.13. The molecule has 20 heavy (non-hydrogen) atoms. The molecule has 1 fully saturated rings. The summed E-state index contributed by atoms with van der Waals surface area (Å²) in [6.07, 6.45) is 7.21. The lowest BCUT2D eigenvalue weighted by Crippen LogP contribution is -2.27. The summed E-state index contributed by atoms with van der Waals surface area (Å²) in [5.74, 6) is 0.802. The fourth-order valence-electron chi connectivity index (χ4n) is 3.24. The van der Waals surface area contributed by atoms with Gasteiger partial charge in [0.15, 0.2) is 5.78 Å². The van der Waals surface area contributed by atoms with Gasteiger partial charge in [-0.15, -0.1) is 0 Å². The number of carbonyl (C=O) groups is 2. The number of nitrogens with two attached hydrogens (primary N) is 1. The number of rotatable bonds is 3. The van der Waals surface area contributed by atoms with E-state index in [0.29, 0.717) is 36.8 Å². The van der Waals surface area contributed by atoms with Crippen LogP contribution in [0.5, 0.6) is 0 Å². The van der Waals surface area contributed by atoms with Crippen molar-refractivity contribution < 1.29 is 9.59 Å². The molecule has 2 aliphatic rings. The molecule has 1 aromatic rings. The standard InChI is InChI=1S/C16H20N2O2/c17-13-3-1-10(2-4-13)5-16(20)12-6-11-7-14(19)8-15(11)18-9-12/h6,9-10,13H,1-5,7-8,17H2. The van der Waals surface area contributed by atoms with Crippen LogP contribution in [0.2, 0.25) is 0 Å². The summed E-state index contributed by atoms with van der Waals surface area (Å²) in [4.78, 5) is 28.0. The second kappa shape index (κ2) is 5.44. The molecule has 0 atom stereocenters. The SMILES string of the molecule is NC1CCC(CC(=O)c2cnc3c(c2)CC(=O)C3)CC1. The van der Waals surface area contributed by atoms with Gasteiger partial charge in [-0.25, -0.2) is 0 Å². The highest BCUT2D eigenvalue weighted by Gasteiger charge is 2.24. The molecular formula is C16H20N2O2. The first-order valence-corrected chi connectivity index (χ1v) is 7.40. The van der Waals surface area contributed by atoms with Crippen molar-refractivity contribution in [3.8, 4) is 0 Å². The maximum absolute atomic E-state index is 12.3. The molecule has 0 aliphatic heterocycles. The Hall–Kier alpha value is -1.55. The minimum absolute atomic E-state index is 0.153. The van der Waals surface area contributed by atoms with E-state index in [4.69, 9.17) is 5.73 Å². The van der Waals surface area contributed by atoms with E-state index in [-0.39, 0.29) is 11.6 Å². The molecule has 1 saturated carbocycles. The average Bonchev–Trinajstić information content (AvgIpc) is 2.80. The Balaban J connectivity index is 1.66. The summed E-state index contributed by atoms with van der Waals surface area (Å²) in [6, 6.07) is 2.18. The highest BCUT2D eigenvalue weighted by Crippen LogP contribution is 2.27. The van der Waals surface area contributed by atoms with Gasteiger partial charge in [0, 0.05) is 37.1 Å². The topological polar surface area (TPSA) is 73.1 Å². The lowest BCUT2D eigenvalue weighted by Gasteiger charge is -2.25. The van der Waals surface area contributed by atoms with Crippen LogP contribution in [0.1, 0.15) is 53.7 Å². The number of hydrogen-bond acceptors (Lipinski definition) is 4. The van der Waals surface area contributed by atoms with Gasteiger partial charge in [0.1, 0.15) is 5.78 Å². The van der Waals surface area contributed by atoms with Crippen molar-refractivity contribution in [3.63, 3.8) is 0 Å². The van der Waals surface area contributed by atoms with Gasteiger partial charge in [-0.2, -0.15) is 0 Å². The number of nitrogens with zero attached hydrogens (tertiary/aromatic N) is 1. The number of aromatic nitrogens is 1. The Morgan fingerprint density at radius 2 is 2.00 bits per heavy atom. The first-order valence-electron chi connectivity index (χ1n) is 7.40. The van der Waals surface area contributed by atoms with Crippen molar-refractivity contribution in [2.24, 2.45) is 11.7 Å². The van der Waals surface area contributed by atoms with E-state index in [2.05, 4.69) is 4.98 Å². The summed E-state index contributed by atoms with van der Waals surface area (Å²) in [5.41, 5.74) is 8.33. The van der Waals surface area contributed by atoms with E-state index < -0.39 is 0 Å². The lowest BCUT2D eigenvalue weighted by molar-refractivity contribution is -0.117. The maximum Gasteiger partial charge on any atom is 0.164 e. The minimum Gasteiger partial charge on any atom is -0.328 e. The molecule has 4 nitrogen and oxygen atoms in total. The molecule has 0 amide bonds. The van der Waals surface area contributed by atoms with Crippen LogP contribution in [-0.2, 0) is 17.6 Å². The van der Waals surface area contributed by atoms with Crippen molar-refractivity contribution in [2.45, 2.75) is 51.0 Å². The number of hydrogen-bond donors (Lipinski definition) is 1. The minimum atomic E-state index is 0.153. The van der Waals surface area contributed by atoms with E-state index in [1.807, 2.05) is 6.07 Å². The van der Waals surface area contributed by atoms with Crippen molar-refractivity contribution >= 4 is 11.6 Å². The average molecular weight is 272 g/mol. The normalized spacial score (nSPS) is 25.6. The predicted octanol–water partition coefficient (Wildman–Crippen LogP) is 1.84. The predicted molar refractivity (Wildman–Crippen MR) is 75.5 cm³/mol. The Labute approximate surface area is 118 Å². The van der Waals surface area contributed by atoms with Gasteiger partial charge in [0.05, 0.1) is 5.69 Å². The molecule has 0 unspecified atom stereocenters. The number of Topliss-reactive ketones (excluding diaryl/α,β-unsaturated/α-hetero) is 2. The third-order valence-corrected chi connectivity index (χ3v) is 4.50. The zero-order valence-corrected chi connectivity index (χ0v) is 11.6. The van der Waals surface area contributed by atoms with Gasteiger partial charge >= 0.3 is 0 Å². The number of ketones is 2. The van der Waals surface area contributed by atoms with E-state index in [9.17, 15) is 9.59 Å². The third-order valence-electron chi connectivity index (χ3n) is 4.50. The van der Waals surface area contributed by atoms with Gasteiger partial charge < -0.3 is 5.73 Å². The molecule has 0 spiro atoms. The molecule has 1 aromatic heterocycles. The Bertz CT molecular complexity index is 545. The van der Waals surface area contributed by atoms with Crippen LogP contribution >= 0.6 is 0 Å². The Morgan fingerprint density at radius 1 is 1.25 bits per heavy atom. The molecule has 0 aromatic carbocycles. The van der Waals surface area contributed by atoms with Crippen LogP contribution < -0.4 is 5.73 Å². The molecule has 0 saturated heterocycles. The summed E-state index contributed by atoms with van der Waals surface area (Å²) in [6.45, 7) is 0. The van der Waals surface area contributed by atoms with E-state index >= 15 is 0 Å². The van der Waals surface area contributed by atoms with E-state index in [1.165, 1.54) is 0 Å². The third kappa shape index (κ3) is 2.80. The zero-order chi connectivity index (χ0) is 14.1. The fraction of sp³-hybridized carbons (Fsp3) is 0.562. The lowest BCUT2D eigenvalue weighted by atomic mass is 9.83. The summed E-state index contributed by atoms with van der Waals surface area (Å²) in [7, 11) is 0. The van der Waals surface area contributed by atoms with Crippen LogP contribution in [0.15, 0.2) is 12.3 Å². The quantitative estimate of drug-likeness (QED) is 0.852. The molecule has 0 radical (unpaired) electrons. The van der Waals surface area contributed by atoms with Crippen LogP contribution in [-0.4, -0.2) is 22.6 Å². The van der Waals surface area contributed by atoms with Crippen LogP contribution in [0.25, 0.3) is 0 Å². The molecule has 2 N–H and O–H groups in total. The van der Waals surface area contributed by atoms with E-state index in [0.717, 1.165) is 36.9 Å². The highest BCUT2D eigenvalue weighted by atomic mass is 16.1. The van der Waals surface area contributed by atoms with Gasteiger partial charge in [0.2, 0.25) is 0 Å². The zero-order valence-electron chi connectivity index (χ0n) is 11.6. The molecule has 1 heterocycles. The highest BCUT2D eigenvalue weighted by molar-refractivity contribution is 5.97. The molecule has 106 valence electrons. The largest absolute Gasteiger partial charge is 0.328 e. The molecular weight excluding hydrogens is 252 g/mol. The van der Waals surface area contributed by atoms with Gasteiger partial charge in [0.25, 0.3) is 0 Å². The second-order valence-electron chi connectivity index (χ2n) is 6.13. The van der Waals surface area contributed by atoms with Crippen molar-refractivity contribution in [3.05, 3.63) is 29.1 Å². The number of fused-ring (bicyclic) bond motifs is 1. The Morgan fingerprint density at radius 3 is 2.75 bits per heavy atom.